The van der Waals surface area contributed by atoms with Crippen LogP contribution in [0.3, 0.4) is 0 Å². The molecule has 0 saturated heterocycles. The summed E-state index contributed by atoms with van der Waals surface area (Å²) < 4.78 is 5.11. The van der Waals surface area contributed by atoms with Crippen LogP contribution < -0.4 is 0 Å². The molecule has 0 radical (unpaired) electrons. The third-order valence-electron chi connectivity index (χ3n) is 1.96. The van der Waals surface area contributed by atoms with Crippen molar-refractivity contribution in [2.45, 2.75) is 51.9 Å². The van der Waals surface area contributed by atoms with Gasteiger partial charge in [-0.05, 0) is 30.2 Å². The summed E-state index contributed by atoms with van der Waals surface area (Å²) in [5, 5.41) is 0. The Hall–Kier alpha value is 0.180. The Morgan fingerprint density at radius 1 is 1.08 bits per heavy atom. The molecule has 0 unspecified atom stereocenters. The molecule has 0 amide bonds. The number of halogens is 1. The van der Waals surface area contributed by atoms with Gasteiger partial charge in [-0.2, -0.15) is 0 Å². The standard InChI is InChI=1S/C10H19ClOS/c1-2-3-4-5-6-7-8-9-12-10(11)13/h2-9H2,1H3. The summed E-state index contributed by atoms with van der Waals surface area (Å²) in [6, 6.07) is 0. The highest BCUT2D eigenvalue weighted by molar-refractivity contribution is 7.82. The highest BCUT2D eigenvalue weighted by Gasteiger charge is 1.92. The Kier molecular flexibility index (Phi) is 10.4. The van der Waals surface area contributed by atoms with E-state index in [-0.39, 0.29) is 4.51 Å². The number of unbranched alkanes of at least 4 members (excludes halogenated alkanes) is 6. The summed E-state index contributed by atoms with van der Waals surface area (Å²) in [6.45, 7) is 2.91. The maximum Gasteiger partial charge on any atom is 0.255 e. The van der Waals surface area contributed by atoms with Gasteiger partial charge in [-0.1, -0.05) is 45.4 Å². The summed E-state index contributed by atoms with van der Waals surface area (Å²) in [5.41, 5.74) is 0. The Bertz CT molecular complexity index is 128. The minimum atomic E-state index is 0.144. The van der Waals surface area contributed by atoms with E-state index < -0.39 is 0 Å². The Morgan fingerprint density at radius 2 is 1.62 bits per heavy atom. The number of rotatable bonds is 8. The van der Waals surface area contributed by atoms with Gasteiger partial charge in [-0.3, -0.25) is 0 Å². The van der Waals surface area contributed by atoms with Crippen LogP contribution in [0, 0.1) is 0 Å². The van der Waals surface area contributed by atoms with Gasteiger partial charge in [0.25, 0.3) is 4.51 Å². The number of hydrogen-bond donors (Lipinski definition) is 0. The van der Waals surface area contributed by atoms with E-state index in [1.165, 1.54) is 38.5 Å². The van der Waals surface area contributed by atoms with Crippen molar-refractivity contribution in [2.75, 3.05) is 6.61 Å². The minimum absolute atomic E-state index is 0.144. The van der Waals surface area contributed by atoms with Gasteiger partial charge < -0.3 is 4.74 Å². The number of thiocarbonyl (C=S) groups is 1. The first-order valence-corrected chi connectivity index (χ1v) is 5.88. The van der Waals surface area contributed by atoms with E-state index in [4.69, 9.17) is 16.3 Å². The molecule has 3 heteroatoms. The van der Waals surface area contributed by atoms with E-state index in [0.29, 0.717) is 6.61 Å². The fraction of sp³-hybridized carbons (Fsp3) is 0.900. The van der Waals surface area contributed by atoms with Gasteiger partial charge in [0.2, 0.25) is 0 Å². The van der Waals surface area contributed by atoms with Crippen molar-refractivity contribution in [3.05, 3.63) is 0 Å². The molecule has 0 atom stereocenters. The zero-order valence-corrected chi connectivity index (χ0v) is 9.92. The predicted molar refractivity (Wildman–Crippen MR) is 62.4 cm³/mol. The first-order valence-electron chi connectivity index (χ1n) is 5.09. The predicted octanol–water partition coefficient (Wildman–Crippen LogP) is 4.28. The molecule has 0 aromatic heterocycles. The SMILES string of the molecule is CCCCCCCCCOC(=S)Cl. The van der Waals surface area contributed by atoms with Crippen molar-refractivity contribution < 1.29 is 4.74 Å². The maximum atomic E-state index is 5.37. The van der Waals surface area contributed by atoms with Crippen LogP contribution in [0.4, 0.5) is 0 Å². The van der Waals surface area contributed by atoms with Gasteiger partial charge in [0.1, 0.15) is 0 Å². The van der Waals surface area contributed by atoms with Crippen molar-refractivity contribution in [2.24, 2.45) is 0 Å². The molecule has 0 aliphatic rings. The summed E-state index contributed by atoms with van der Waals surface area (Å²) in [4.78, 5) is 0. The Labute approximate surface area is 91.8 Å². The Balaban J connectivity index is 2.87. The van der Waals surface area contributed by atoms with Crippen LogP contribution in [0.5, 0.6) is 0 Å². The fourth-order valence-corrected chi connectivity index (χ4v) is 1.37. The van der Waals surface area contributed by atoms with Gasteiger partial charge >= 0.3 is 0 Å². The van der Waals surface area contributed by atoms with Gasteiger partial charge in [-0.15, -0.1) is 0 Å². The van der Waals surface area contributed by atoms with Crippen molar-refractivity contribution in [3.8, 4) is 0 Å². The topological polar surface area (TPSA) is 9.23 Å². The molecule has 0 rings (SSSR count). The molecule has 0 aliphatic heterocycles. The lowest BCUT2D eigenvalue weighted by molar-refractivity contribution is 0.307. The molecule has 0 bridgehead atoms. The van der Waals surface area contributed by atoms with Crippen LogP contribution in [0.2, 0.25) is 0 Å². The summed E-state index contributed by atoms with van der Waals surface area (Å²) in [7, 11) is 0. The largest absolute Gasteiger partial charge is 0.475 e. The summed E-state index contributed by atoms with van der Waals surface area (Å²) in [6.07, 6.45) is 8.98. The van der Waals surface area contributed by atoms with Crippen LogP contribution in [0.25, 0.3) is 0 Å². The maximum absolute atomic E-state index is 5.37. The van der Waals surface area contributed by atoms with Crippen molar-refractivity contribution in [1.82, 2.24) is 0 Å². The summed E-state index contributed by atoms with van der Waals surface area (Å²) in [5.74, 6) is 0. The second-order valence-corrected chi connectivity index (χ2v) is 4.15. The molecule has 0 aromatic carbocycles. The first-order chi connectivity index (χ1) is 6.27. The average molecular weight is 223 g/mol. The van der Waals surface area contributed by atoms with E-state index in [2.05, 4.69) is 19.1 Å². The van der Waals surface area contributed by atoms with Gasteiger partial charge in [0, 0.05) is 0 Å². The van der Waals surface area contributed by atoms with Crippen LogP contribution in [0.1, 0.15) is 51.9 Å². The lowest BCUT2D eigenvalue weighted by Gasteiger charge is -2.02. The highest BCUT2D eigenvalue weighted by atomic mass is 35.5. The number of ether oxygens (including phenoxy) is 1. The third kappa shape index (κ3) is 12.2. The van der Waals surface area contributed by atoms with Crippen LogP contribution in [-0.4, -0.2) is 11.1 Å². The summed E-state index contributed by atoms with van der Waals surface area (Å²) >= 11 is 9.94. The molecule has 0 N–H and O–H groups in total. The molecule has 0 fully saturated rings. The van der Waals surface area contributed by atoms with E-state index in [9.17, 15) is 0 Å². The molecule has 0 heterocycles. The highest BCUT2D eigenvalue weighted by Crippen LogP contribution is 2.07. The lowest BCUT2D eigenvalue weighted by atomic mass is 10.1. The van der Waals surface area contributed by atoms with E-state index in [1.807, 2.05) is 0 Å². The monoisotopic (exact) mass is 222 g/mol. The molecule has 0 spiro atoms. The number of hydrogen-bond acceptors (Lipinski definition) is 2. The Morgan fingerprint density at radius 3 is 2.15 bits per heavy atom. The second-order valence-electron chi connectivity index (χ2n) is 3.21. The normalized spacial score (nSPS) is 10.0. The van der Waals surface area contributed by atoms with Crippen molar-refractivity contribution >= 4 is 28.3 Å². The van der Waals surface area contributed by atoms with Crippen LogP contribution in [-0.2, 0) is 4.74 Å². The fourth-order valence-electron chi connectivity index (χ4n) is 1.21. The molecular formula is C10H19ClOS. The molecular weight excluding hydrogens is 204 g/mol. The average Bonchev–Trinajstić information content (AvgIpc) is 2.09. The molecule has 1 nitrogen and oxygen atoms in total. The first kappa shape index (κ1) is 13.2. The van der Waals surface area contributed by atoms with Gasteiger partial charge in [0.05, 0.1) is 6.61 Å². The van der Waals surface area contributed by atoms with Crippen LogP contribution in [0.15, 0.2) is 0 Å². The van der Waals surface area contributed by atoms with E-state index in [0.717, 1.165) is 6.42 Å². The van der Waals surface area contributed by atoms with Crippen LogP contribution >= 0.6 is 23.8 Å². The lowest BCUT2D eigenvalue weighted by Crippen LogP contribution is -1.95. The molecule has 0 aromatic rings. The molecule has 0 saturated carbocycles. The van der Waals surface area contributed by atoms with Crippen molar-refractivity contribution in [1.29, 1.82) is 0 Å². The van der Waals surface area contributed by atoms with E-state index >= 15 is 0 Å². The zero-order chi connectivity index (χ0) is 9.94. The smallest absolute Gasteiger partial charge is 0.255 e. The molecule has 13 heavy (non-hydrogen) atoms. The third-order valence-corrected chi connectivity index (χ3v) is 2.19. The minimum Gasteiger partial charge on any atom is -0.475 e. The molecule has 78 valence electrons. The van der Waals surface area contributed by atoms with Crippen molar-refractivity contribution in [3.63, 3.8) is 0 Å². The quantitative estimate of drug-likeness (QED) is 0.345. The van der Waals surface area contributed by atoms with Gasteiger partial charge in [-0.25, -0.2) is 0 Å². The zero-order valence-electron chi connectivity index (χ0n) is 8.35. The van der Waals surface area contributed by atoms with E-state index in [1.54, 1.807) is 0 Å². The molecule has 0 aliphatic carbocycles. The van der Waals surface area contributed by atoms with Gasteiger partial charge in [0.15, 0.2) is 0 Å². The second kappa shape index (κ2) is 10.3.